The van der Waals surface area contributed by atoms with Crippen molar-refractivity contribution in [2.45, 2.75) is 19.5 Å². The third kappa shape index (κ3) is 4.97. The lowest BCUT2D eigenvalue weighted by Gasteiger charge is -2.16. The first-order valence-electron chi connectivity index (χ1n) is 6.25. The summed E-state index contributed by atoms with van der Waals surface area (Å²) in [6, 6.07) is 3.46. The number of hydrogen-bond donors (Lipinski definition) is 2. The fraction of sp³-hybridized carbons (Fsp3) is 0.357. The summed E-state index contributed by atoms with van der Waals surface area (Å²) < 4.78 is 25.6. The van der Waals surface area contributed by atoms with Crippen molar-refractivity contribution in [3.63, 3.8) is 0 Å². The van der Waals surface area contributed by atoms with Crippen LogP contribution in [-0.2, 0) is 6.54 Å². The largest absolute Gasteiger partial charge is 0.345 e. The highest BCUT2D eigenvalue weighted by Crippen LogP contribution is 2.12. The van der Waals surface area contributed by atoms with Gasteiger partial charge in [0.05, 0.1) is 0 Å². The van der Waals surface area contributed by atoms with Crippen LogP contribution in [0.4, 0.5) is 13.7 Å². The zero-order valence-electron chi connectivity index (χ0n) is 11.6. The molecule has 1 rings (SSSR count). The van der Waals surface area contributed by atoms with Crippen LogP contribution >= 0.6 is 0 Å². The number of hydrogen-bond acceptors (Lipinski definition) is 2. The van der Waals surface area contributed by atoms with Gasteiger partial charge in [0.15, 0.2) is 0 Å². The Kier molecular flexibility index (Phi) is 6.11. The van der Waals surface area contributed by atoms with Crippen LogP contribution in [0.3, 0.4) is 0 Å². The quantitative estimate of drug-likeness (QED) is 0.788. The monoisotopic (exact) mass is 283 g/mol. The van der Waals surface area contributed by atoms with Crippen LogP contribution in [0.1, 0.15) is 18.1 Å². The number of carbonyl (C=O) groups excluding carboxylic acids is 1. The summed E-state index contributed by atoms with van der Waals surface area (Å²) in [4.78, 5) is 11.1. The number of nitrogens with zero attached hydrogens (tertiary/aromatic N) is 1. The number of halogens is 2. The molecule has 1 atom stereocenters. The van der Waals surface area contributed by atoms with Gasteiger partial charge in [-0.2, -0.15) is 5.12 Å². The molecule has 0 aromatic heterocycles. The third-order valence-electron chi connectivity index (χ3n) is 2.74. The van der Waals surface area contributed by atoms with E-state index < -0.39 is 6.03 Å². The Morgan fingerprint density at radius 2 is 2.25 bits per heavy atom. The van der Waals surface area contributed by atoms with Gasteiger partial charge in [-0.05, 0) is 30.2 Å². The number of urea groups is 1. The van der Waals surface area contributed by atoms with Crippen LogP contribution in [0.15, 0.2) is 24.8 Å². The first kappa shape index (κ1) is 16.1. The van der Waals surface area contributed by atoms with Crippen LogP contribution in [0.25, 0.3) is 6.08 Å². The van der Waals surface area contributed by atoms with Gasteiger partial charge in [-0.1, -0.05) is 23.2 Å². The minimum atomic E-state index is -0.784. The molecule has 0 aliphatic carbocycles. The van der Waals surface area contributed by atoms with Gasteiger partial charge in [0.2, 0.25) is 0 Å². The van der Waals surface area contributed by atoms with Crippen molar-refractivity contribution < 1.29 is 13.7 Å². The highest BCUT2D eigenvalue weighted by Gasteiger charge is 2.10. The third-order valence-corrected chi connectivity index (χ3v) is 2.74. The SMILES string of the molecule is C=Cc1cc(F)ccc1CNCC(C)NC(=O)N(C)F. The summed E-state index contributed by atoms with van der Waals surface area (Å²) in [5.74, 6) is -0.310. The van der Waals surface area contributed by atoms with E-state index in [1.165, 1.54) is 12.1 Å². The van der Waals surface area contributed by atoms with Gasteiger partial charge in [-0.3, -0.25) is 0 Å². The van der Waals surface area contributed by atoms with Gasteiger partial charge in [0, 0.05) is 26.2 Å². The number of benzene rings is 1. The predicted octanol–water partition coefficient (Wildman–Crippen LogP) is 2.47. The number of rotatable bonds is 6. The van der Waals surface area contributed by atoms with E-state index in [-0.39, 0.29) is 17.0 Å². The Morgan fingerprint density at radius 3 is 2.85 bits per heavy atom. The Hall–Kier alpha value is -1.95. The van der Waals surface area contributed by atoms with E-state index in [0.29, 0.717) is 13.1 Å². The van der Waals surface area contributed by atoms with Gasteiger partial charge in [-0.25, -0.2) is 9.18 Å². The van der Waals surface area contributed by atoms with E-state index in [0.717, 1.165) is 18.2 Å². The average Bonchev–Trinajstić information content (AvgIpc) is 2.40. The molecule has 0 saturated heterocycles. The maximum atomic E-state index is 13.0. The van der Waals surface area contributed by atoms with Gasteiger partial charge in [0.25, 0.3) is 0 Å². The predicted molar refractivity (Wildman–Crippen MR) is 75.1 cm³/mol. The molecule has 0 aliphatic rings. The summed E-state index contributed by atoms with van der Waals surface area (Å²) in [5.41, 5.74) is 1.63. The maximum Gasteiger partial charge on any atom is 0.345 e. The highest BCUT2D eigenvalue weighted by molar-refractivity contribution is 5.72. The molecule has 0 spiro atoms. The number of amides is 2. The van der Waals surface area contributed by atoms with E-state index in [9.17, 15) is 13.7 Å². The lowest BCUT2D eigenvalue weighted by Crippen LogP contribution is -2.43. The summed E-state index contributed by atoms with van der Waals surface area (Å²) in [5, 5.41) is 5.58. The lowest BCUT2D eigenvalue weighted by atomic mass is 10.1. The molecule has 6 heteroatoms. The number of carbonyl (C=O) groups is 1. The Balaban J connectivity index is 2.44. The van der Waals surface area contributed by atoms with Gasteiger partial charge < -0.3 is 10.6 Å². The van der Waals surface area contributed by atoms with E-state index >= 15 is 0 Å². The molecule has 2 amide bonds. The van der Waals surface area contributed by atoms with Crippen LogP contribution in [0, 0.1) is 5.82 Å². The molecule has 0 aliphatic heterocycles. The van der Waals surface area contributed by atoms with Crippen molar-refractivity contribution in [3.8, 4) is 0 Å². The second-order valence-corrected chi connectivity index (χ2v) is 4.51. The van der Waals surface area contributed by atoms with Crippen molar-refractivity contribution in [2.75, 3.05) is 13.6 Å². The van der Waals surface area contributed by atoms with Crippen LogP contribution in [0.5, 0.6) is 0 Å². The zero-order valence-corrected chi connectivity index (χ0v) is 11.6. The van der Waals surface area contributed by atoms with Crippen LogP contribution in [0.2, 0.25) is 0 Å². The average molecular weight is 283 g/mol. The fourth-order valence-corrected chi connectivity index (χ4v) is 1.69. The molecular formula is C14H19F2N3O. The molecule has 1 aromatic carbocycles. The molecular weight excluding hydrogens is 264 g/mol. The Morgan fingerprint density at radius 1 is 1.55 bits per heavy atom. The first-order valence-corrected chi connectivity index (χ1v) is 6.25. The molecule has 1 aromatic rings. The highest BCUT2D eigenvalue weighted by atomic mass is 19.2. The van der Waals surface area contributed by atoms with E-state index in [4.69, 9.17) is 0 Å². The van der Waals surface area contributed by atoms with Crippen LogP contribution < -0.4 is 10.6 Å². The standard InChI is InChI=1S/C14H19F2N3O/c1-4-11-7-13(15)6-5-12(11)9-17-8-10(2)18-14(20)19(3)16/h4-7,10,17H,1,8-9H2,2-3H3,(H,18,20). The molecule has 0 bridgehead atoms. The topological polar surface area (TPSA) is 44.4 Å². The van der Waals surface area contributed by atoms with Gasteiger partial charge >= 0.3 is 6.03 Å². The van der Waals surface area contributed by atoms with E-state index in [1.54, 1.807) is 19.1 Å². The summed E-state index contributed by atoms with van der Waals surface area (Å²) in [6.07, 6.45) is 1.59. The second kappa shape index (κ2) is 7.59. The van der Waals surface area contributed by atoms with Gasteiger partial charge in [-0.15, -0.1) is 0 Å². The Bertz CT molecular complexity index is 477. The molecule has 1 unspecified atom stereocenters. The van der Waals surface area contributed by atoms with Crippen molar-refractivity contribution in [1.29, 1.82) is 0 Å². The molecule has 0 saturated carbocycles. The van der Waals surface area contributed by atoms with Gasteiger partial charge in [0.1, 0.15) is 5.82 Å². The lowest BCUT2D eigenvalue weighted by molar-refractivity contribution is 0.0916. The molecule has 0 heterocycles. The van der Waals surface area contributed by atoms with Crippen molar-refractivity contribution in [1.82, 2.24) is 15.8 Å². The smallest absolute Gasteiger partial charge is 0.332 e. The van der Waals surface area contributed by atoms with Crippen molar-refractivity contribution in [3.05, 3.63) is 41.7 Å². The first-order chi connectivity index (χ1) is 9.43. The zero-order chi connectivity index (χ0) is 15.1. The fourth-order valence-electron chi connectivity index (χ4n) is 1.69. The minimum absolute atomic E-state index is 0.00765. The molecule has 2 N–H and O–H groups in total. The van der Waals surface area contributed by atoms with Crippen LogP contribution in [-0.4, -0.2) is 30.8 Å². The normalized spacial score (nSPS) is 11.8. The van der Waals surface area contributed by atoms with E-state index in [1.807, 2.05) is 0 Å². The van der Waals surface area contributed by atoms with Crippen molar-refractivity contribution in [2.24, 2.45) is 0 Å². The molecule has 0 fully saturated rings. The molecule has 110 valence electrons. The van der Waals surface area contributed by atoms with Crippen molar-refractivity contribution >= 4 is 12.1 Å². The molecule has 0 radical (unpaired) electrons. The summed E-state index contributed by atoms with van der Waals surface area (Å²) in [6.45, 7) is 6.37. The number of nitrogens with one attached hydrogen (secondary N) is 2. The molecule has 20 heavy (non-hydrogen) atoms. The molecule has 4 nitrogen and oxygen atoms in total. The van der Waals surface area contributed by atoms with E-state index in [2.05, 4.69) is 17.2 Å². The Labute approximate surface area is 117 Å². The summed E-state index contributed by atoms with van der Waals surface area (Å²) in [7, 11) is 1.03. The summed E-state index contributed by atoms with van der Waals surface area (Å²) >= 11 is 0. The maximum absolute atomic E-state index is 13.0. The minimum Gasteiger partial charge on any atom is -0.332 e. The second-order valence-electron chi connectivity index (χ2n) is 4.51.